The van der Waals surface area contributed by atoms with E-state index in [0.29, 0.717) is 29.3 Å². The summed E-state index contributed by atoms with van der Waals surface area (Å²) in [5, 5.41) is 5.15. The van der Waals surface area contributed by atoms with Crippen molar-refractivity contribution >= 4 is 33.0 Å². The lowest BCUT2D eigenvalue weighted by Gasteiger charge is -2.21. The van der Waals surface area contributed by atoms with Crippen LogP contribution in [0.3, 0.4) is 0 Å². The van der Waals surface area contributed by atoms with Crippen molar-refractivity contribution in [3.8, 4) is 5.75 Å². The Hall–Kier alpha value is -2.47. The van der Waals surface area contributed by atoms with Gasteiger partial charge in [0.25, 0.3) is 5.56 Å². The van der Waals surface area contributed by atoms with Gasteiger partial charge in [-0.25, -0.2) is 4.98 Å². The number of ether oxygens (including phenoxy) is 1. The first-order valence-corrected chi connectivity index (χ1v) is 11.4. The van der Waals surface area contributed by atoms with E-state index in [-0.39, 0.29) is 11.0 Å². The van der Waals surface area contributed by atoms with Crippen LogP contribution in [0.15, 0.2) is 44.7 Å². The Kier molecular flexibility index (Phi) is 6.70. The molecule has 2 aromatic carbocycles. The van der Waals surface area contributed by atoms with Crippen LogP contribution in [0.4, 0.5) is 0 Å². The fourth-order valence-corrected chi connectivity index (χ4v) is 3.81. The highest BCUT2D eigenvalue weighted by Crippen LogP contribution is 2.29. The molecule has 0 saturated heterocycles. The summed E-state index contributed by atoms with van der Waals surface area (Å²) in [7, 11) is 0. The minimum Gasteiger partial charge on any atom is -0.494 e. The maximum absolute atomic E-state index is 13.3. The van der Waals surface area contributed by atoms with E-state index in [1.54, 1.807) is 12.3 Å². The van der Waals surface area contributed by atoms with Crippen molar-refractivity contribution in [2.75, 3.05) is 6.61 Å². The van der Waals surface area contributed by atoms with E-state index in [4.69, 9.17) is 9.72 Å². The molecule has 0 amide bonds. The maximum atomic E-state index is 13.3. The Morgan fingerprint density at radius 1 is 1.23 bits per heavy atom. The molecule has 0 aliphatic carbocycles. The first kappa shape index (κ1) is 23.2. The topological polar surface area (TPSA) is 56.5 Å². The largest absolute Gasteiger partial charge is 0.494 e. The molecule has 31 heavy (non-hydrogen) atoms. The maximum Gasteiger partial charge on any atom is 0.282 e. The molecule has 0 unspecified atom stereocenters. The van der Waals surface area contributed by atoms with Crippen molar-refractivity contribution < 1.29 is 4.74 Å². The fraction of sp³-hybridized carbons (Fsp3) is 0.400. The SMILES string of the molecule is CCOc1cc(C)c(C=Nn2c(C(C)(C)C)nc3ccc(Br)cc3c2=O)cc1C(C)C. The Labute approximate surface area is 192 Å². The summed E-state index contributed by atoms with van der Waals surface area (Å²) in [5.74, 6) is 1.83. The average Bonchev–Trinajstić information content (AvgIpc) is 2.68. The van der Waals surface area contributed by atoms with Crippen LogP contribution in [0.25, 0.3) is 10.9 Å². The molecule has 3 rings (SSSR count). The zero-order valence-corrected chi connectivity index (χ0v) is 20.9. The van der Waals surface area contributed by atoms with E-state index in [9.17, 15) is 4.79 Å². The van der Waals surface area contributed by atoms with Crippen LogP contribution in [-0.2, 0) is 5.41 Å². The van der Waals surface area contributed by atoms with Crippen LogP contribution in [0, 0.1) is 6.92 Å². The minimum absolute atomic E-state index is 0.180. The highest BCUT2D eigenvalue weighted by Gasteiger charge is 2.23. The number of aryl methyl sites for hydroxylation is 1. The van der Waals surface area contributed by atoms with E-state index in [1.807, 2.05) is 52.8 Å². The number of fused-ring (bicyclic) bond motifs is 1. The number of aromatic nitrogens is 2. The van der Waals surface area contributed by atoms with Crippen molar-refractivity contribution in [1.82, 2.24) is 9.66 Å². The van der Waals surface area contributed by atoms with Gasteiger partial charge in [0, 0.05) is 9.89 Å². The number of hydrogen-bond acceptors (Lipinski definition) is 4. The van der Waals surface area contributed by atoms with Crippen molar-refractivity contribution in [2.45, 2.75) is 59.8 Å². The number of nitrogens with zero attached hydrogens (tertiary/aromatic N) is 3. The normalized spacial score (nSPS) is 12.3. The van der Waals surface area contributed by atoms with Gasteiger partial charge in [-0.15, -0.1) is 0 Å². The molecule has 3 aromatic rings. The Balaban J connectivity index is 2.20. The monoisotopic (exact) mass is 483 g/mol. The van der Waals surface area contributed by atoms with E-state index in [1.165, 1.54) is 4.68 Å². The standard InChI is InChI=1S/C25H30BrN3O2/c1-8-31-22-11-16(4)17(12-19(22)15(2)3)14-27-29-23(30)20-13-18(26)9-10-21(20)28-24(29)25(5,6)7/h9-15H,8H2,1-7H3. The molecule has 6 heteroatoms. The summed E-state index contributed by atoms with van der Waals surface area (Å²) in [6, 6.07) is 9.69. The summed E-state index contributed by atoms with van der Waals surface area (Å²) < 4.78 is 8.09. The molecule has 5 nitrogen and oxygen atoms in total. The van der Waals surface area contributed by atoms with Gasteiger partial charge in [0.2, 0.25) is 0 Å². The van der Waals surface area contributed by atoms with Crippen LogP contribution < -0.4 is 10.3 Å². The molecule has 0 fully saturated rings. The fourth-order valence-electron chi connectivity index (χ4n) is 3.45. The van der Waals surface area contributed by atoms with Gasteiger partial charge < -0.3 is 4.74 Å². The van der Waals surface area contributed by atoms with Crippen molar-refractivity contribution in [1.29, 1.82) is 0 Å². The van der Waals surface area contributed by atoms with Crippen LogP contribution >= 0.6 is 15.9 Å². The lowest BCUT2D eigenvalue weighted by atomic mass is 9.95. The molecule has 0 N–H and O–H groups in total. The molecular weight excluding hydrogens is 454 g/mol. The molecule has 0 saturated carbocycles. The van der Waals surface area contributed by atoms with Crippen LogP contribution in [-0.4, -0.2) is 22.5 Å². The summed E-state index contributed by atoms with van der Waals surface area (Å²) >= 11 is 3.45. The van der Waals surface area contributed by atoms with E-state index in [0.717, 1.165) is 26.9 Å². The Morgan fingerprint density at radius 2 is 1.94 bits per heavy atom. The third-order valence-electron chi connectivity index (χ3n) is 5.11. The van der Waals surface area contributed by atoms with Gasteiger partial charge in [0.15, 0.2) is 0 Å². The summed E-state index contributed by atoms with van der Waals surface area (Å²) in [5.41, 5.74) is 3.25. The van der Waals surface area contributed by atoms with Gasteiger partial charge >= 0.3 is 0 Å². The molecule has 0 aliphatic rings. The molecule has 0 bridgehead atoms. The van der Waals surface area contributed by atoms with E-state index in [2.05, 4.69) is 40.9 Å². The predicted molar refractivity (Wildman–Crippen MR) is 132 cm³/mol. The zero-order chi connectivity index (χ0) is 22.9. The molecule has 0 radical (unpaired) electrons. The number of rotatable bonds is 5. The van der Waals surface area contributed by atoms with Gasteiger partial charge in [0.05, 0.1) is 23.7 Å². The minimum atomic E-state index is -0.352. The quantitative estimate of drug-likeness (QED) is 0.407. The van der Waals surface area contributed by atoms with Gasteiger partial charge in [-0.05, 0) is 66.8 Å². The molecule has 0 spiro atoms. The number of halogens is 1. The lowest BCUT2D eigenvalue weighted by Crippen LogP contribution is -2.29. The van der Waals surface area contributed by atoms with Gasteiger partial charge in [0.1, 0.15) is 11.6 Å². The molecule has 0 atom stereocenters. The second-order valence-electron chi connectivity index (χ2n) is 9.04. The predicted octanol–water partition coefficient (Wildman–Crippen LogP) is 6.17. The smallest absolute Gasteiger partial charge is 0.282 e. The van der Waals surface area contributed by atoms with Crippen molar-refractivity contribution in [3.63, 3.8) is 0 Å². The molecule has 1 heterocycles. The Bertz CT molecular complexity index is 1200. The zero-order valence-electron chi connectivity index (χ0n) is 19.3. The first-order chi connectivity index (χ1) is 14.5. The first-order valence-electron chi connectivity index (χ1n) is 10.6. The molecule has 0 aliphatic heterocycles. The summed E-state index contributed by atoms with van der Waals surface area (Å²) in [6.45, 7) is 15.0. The highest BCUT2D eigenvalue weighted by molar-refractivity contribution is 9.10. The summed E-state index contributed by atoms with van der Waals surface area (Å²) in [4.78, 5) is 18.1. The van der Waals surface area contributed by atoms with Crippen molar-refractivity contribution in [3.05, 3.63) is 67.7 Å². The number of hydrogen-bond donors (Lipinski definition) is 0. The molecule has 1 aromatic heterocycles. The van der Waals surface area contributed by atoms with E-state index >= 15 is 0 Å². The van der Waals surface area contributed by atoms with Gasteiger partial charge in [-0.1, -0.05) is 50.5 Å². The third kappa shape index (κ3) is 4.90. The van der Waals surface area contributed by atoms with Crippen LogP contribution in [0.5, 0.6) is 5.75 Å². The van der Waals surface area contributed by atoms with Crippen molar-refractivity contribution in [2.24, 2.45) is 5.10 Å². The van der Waals surface area contributed by atoms with Gasteiger partial charge in [-0.2, -0.15) is 9.78 Å². The lowest BCUT2D eigenvalue weighted by molar-refractivity contribution is 0.335. The Morgan fingerprint density at radius 3 is 2.55 bits per heavy atom. The van der Waals surface area contributed by atoms with Crippen LogP contribution in [0.1, 0.15) is 70.0 Å². The second-order valence-corrected chi connectivity index (χ2v) is 9.96. The molecular formula is C25H30BrN3O2. The molecule has 164 valence electrons. The average molecular weight is 484 g/mol. The summed E-state index contributed by atoms with van der Waals surface area (Å²) in [6.07, 6.45) is 1.75. The van der Waals surface area contributed by atoms with Gasteiger partial charge in [-0.3, -0.25) is 4.79 Å². The second kappa shape index (κ2) is 8.95. The van der Waals surface area contributed by atoms with Crippen LogP contribution in [0.2, 0.25) is 0 Å². The highest BCUT2D eigenvalue weighted by atomic mass is 79.9. The third-order valence-corrected chi connectivity index (χ3v) is 5.61. The van der Waals surface area contributed by atoms with E-state index < -0.39 is 0 Å². The number of benzene rings is 2.